The number of nitrogens with one attached hydrogen (secondary N) is 1. The van der Waals surface area contributed by atoms with Gasteiger partial charge in [0.2, 0.25) is 5.91 Å². The molecule has 0 aliphatic carbocycles. The Morgan fingerprint density at radius 2 is 1.43 bits per heavy atom. The number of unbranched alkanes of at least 4 members (excludes halogenated alkanes) is 13. The molecule has 1 aliphatic heterocycles. The van der Waals surface area contributed by atoms with Gasteiger partial charge < -0.3 is 40.3 Å². The second-order valence-electron chi connectivity index (χ2n) is 10.3. The molecule has 9 nitrogen and oxygen atoms in total. The lowest BCUT2D eigenvalue weighted by Gasteiger charge is -2.40. The van der Waals surface area contributed by atoms with Gasteiger partial charge in [0.15, 0.2) is 6.29 Å². The predicted molar refractivity (Wildman–Crippen MR) is 143 cm³/mol. The zero-order valence-corrected chi connectivity index (χ0v) is 23.0. The maximum Gasteiger partial charge on any atom is 0.217 e. The van der Waals surface area contributed by atoms with E-state index in [1.807, 2.05) is 6.08 Å². The van der Waals surface area contributed by atoms with Gasteiger partial charge in [0.25, 0.3) is 0 Å². The zero-order valence-electron chi connectivity index (χ0n) is 23.0. The van der Waals surface area contributed by atoms with Crippen molar-refractivity contribution in [2.45, 2.75) is 147 Å². The van der Waals surface area contributed by atoms with Crippen LogP contribution >= 0.6 is 0 Å². The molecule has 0 bridgehead atoms. The molecule has 0 aromatic rings. The lowest BCUT2D eigenvalue weighted by molar-refractivity contribution is -0.302. The second kappa shape index (κ2) is 20.8. The van der Waals surface area contributed by atoms with Crippen LogP contribution in [0.2, 0.25) is 0 Å². The summed E-state index contributed by atoms with van der Waals surface area (Å²) in [6.45, 7) is 2.81. The summed E-state index contributed by atoms with van der Waals surface area (Å²) in [6.07, 6.45) is 13.1. The van der Waals surface area contributed by atoms with Crippen LogP contribution in [0.1, 0.15) is 104 Å². The van der Waals surface area contributed by atoms with E-state index in [2.05, 4.69) is 12.2 Å². The quantitative estimate of drug-likeness (QED) is 0.0978. The Hall–Kier alpha value is -1.07. The van der Waals surface area contributed by atoms with Crippen molar-refractivity contribution in [3.8, 4) is 0 Å². The second-order valence-corrected chi connectivity index (χ2v) is 10.3. The average Bonchev–Trinajstić information content (AvgIpc) is 2.88. The van der Waals surface area contributed by atoms with Gasteiger partial charge in [-0.3, -0.25) is 4.79 Å². The molecule has 0 aromatic carbocycles. The molecule has 6 N–H and O–H groups in total. The predicted octanol–water partition coefficient (Wildman–Crippen LogP) is 2.71. The average molecular weight is 532 g/mol. The van der Waals surface area contributed by atoms with E-state index in [0.29, 0.717) is 0 Å². The molecule has 1 heterocycles. The van der Waals surface area contributed by atoms with Gasteiger partial charge in [-0.1, -0.05) is 96.1 Å². The minimum atomic E-state index is -1.56. The summed E-state index contributed by atoms with van der Waals surface area (Å²) in [7, 11) is 0. The molecule has 9 heteroatoms. The summed E-state index contributed by atoms with van der Waals surface area (Å²) >= 11 is 0. The summed E-state index contributed by atoms with van der Waals surface area (Å²) in [4.78, 5) is 11.6. The number of aliphatic hydroxyl groups is 5. The SMILES string of the molecule is CCCCCCCCCCCCCCC/C=C/C(O)C(COC1OC(CO)C(O)C(O)C1O)NC(C)=O. The van der Waals surface area contributed by atoms with Crippen molar-refractivity contribution in [3.05, 3.63) is 12.2 Å². The van der Waals surface area contributed by atoms with E-state index in [1.165, 1.54) is 77.6 Å². The van der Waals surface area contributed by atoms with Crippen molar-refractivity contribution in [1.82, 2.24) is 5.32 Å². The molecule has 1 amide bonds. The van der Waals surface area contributed by atoms with Crippen LogP contribution in [-0.2, 0) is 14.3 Å². The summed E-state index contributed by atoms with van der Waals surface area (Å²) in [5.41, 5.74) is 0. The number of allylic oxidation sites excluding steroid dienone is 1. The third kappa shape index (κ3) is 14.6. The molecule has 1 fully saturated rings. The minimum Gasteiger partial charge on any atom is -0.394 e. The van der Waals surface area contributed by atoms with Crippen molar-refractivity contribution in [2.24, 2.45) is 0 Å². The number of rotatable bonds is 21. The summed E-state index contributed by atoms with van der Waals surface area (Å²) < 4.78 is 10.8. The minimum absolute atomic E-state index is 0.202. The first-order valence-corrected chi connectivity index (χ1v) is 14.4. The molecule has 0 saturated carbocycles. The van der Waals surface area contributed by atoms with Crippen molar-refractivity contribution in [1.29, 1.82) is 0 Å². The molecular formula is C28H53NO8. The molecule has 0 aromatic heterocycles. The molecule has 0 spiro atoms. The smallest absolute Gasteiger partial charge is 0.217 e. The molecule has 1 aliphatic rings. The fourth-order valence-corrected chi connectivity index (χ4v) is 4.54. The highest BCUT2D eigenvalue weighted by molar-refractivity contribution is 5.73. The lowest BCUT2D eigenvalue weighted by Crippen LogP contribution is -2.60. The van der Waals surface area contributed by atoms with Crippen molar-refractivity contribution < 1.29 is 39.8 Å². The van der Waals surface area contributed by atoms with Gasteiger partial charge in [-0.2, -0.15) is 0 Å². The van der Waals surface area contributed by atoms with Gasteiger partial charge in [-0.25, -0.2) is 0 Å². The van der Waals surface area contributed by atoms with E-state index in [9.17, 15) is 30.3 Å². The Labute approximate surface area is 223 Å². The van der Waals surface area contributed by atoms with E-state index in [4.69, 9.17) is 9.47 Å². The topological polar surface area (TPSA) is 149 Å². The highest BCUT2D eigenvalue weighted by atomic mass is 16.7. The maximum atomic E-state index is 11.6. The Morgan fingerprint density at radius 3 is 1.95 bits per heavy atom. The van der Waals surface area contributed by atoms with Crippen LogP contribution in [-0.4, -0.2) is 87.5 Å². The van der Waals surface area contributed by atoms with E-state index < -0.39 is 49.5 Å². The fourth-order valence-electron chi connectivity index (χ4n) is 4.54. The molecule has 0 radical (unpaired) electrons. The number of aliphatic hydroxyl groups excluding tert-OH is 5. The van der Waals surface area contributed by atoms with Crippen LogP contribution in [0.5, 0.6) is 0 Å². The van der Waals surface area contributed by atoms with Crippen molar-refractivity contribution >= 4 is 5.91 Å². The molecule has 218 valence electrons. The normalized spacial score (nSPS) is 25.9. The van der Waals surface area contributed by atoms with E-state index in [1.54, 1.807) is 6.08 Å². The summed E-state index contributed by atoms with van der Waals surface area (Å²) in [5, 5.41) is 52.3. The fraction of sp³-hybridized carbons (Fsp3) is 0.893. The van der Waals surface area contributed by atoms with Gasteiger partial charge in [-0.15, -0.1) is 0 Å². The third-order valence-corrected chi connectivity index (χ3v) is 6.90. The summed E-state index contributed by atoms with van der Waals surface area (Å²) in [6, 6.07) is -0.798. The van der Waals surface area contributed by atoms with Crippen LogP contribution in [0.15, 0.2) is 12.2 Å². The van der Waals surface area contributed by atoms with Crippen LogP contribution in [0.3, 0.4) is 0 Å². The van der Waals surface area contributed by atoms with E-state index in [0.717, 1.165) is 19.3 Å². The third-order valence-electron chi connectivity index (χ3n) is 6.90. The van der Waals surface area contributed by atoms with Gasteiger partial charge in [0.05, 0.1) is 25.4 Å². The number of hydrogen-bond acceptors (Lipinski definition) is 8. The van der Waals surface area contributed by atoms with Crippen LogP contribution < -0.4 is 5.32 Å². The molecule has 37 heavy (non-hydrogen) atoms. The van der Waals surface area contributed by atoms with Crippen molar-refractivity contribution in [3.63, 3.8) is 0 Å². The Balaban J connectivity index is 2.24. The first-order valence-electron chi connectivity index (χ1n) is 14.4. The van der Waals surface area contributed by atoms with Gasteiger partial charge in [0, 0.05) is 6.92 Å². The summed E-state index contributed by atoms with van der Waals surface area (Å²) in [5.74, 6) is -0.355. The first kappa shape index (κ1) is 34.0. The number of carbonyl (C=O) groups excluding carboxylic acids is 1. The van der Waals surface area contributed by atoms with Gasteiger partial charge >= 0.3 is 0 Å². The number of hydrogen-bond donors (Lipinski definition) is 6. The largest absolute Gasteiger partial charge is 0.394 e. The zero-order chi connectivity index (χ0) is 27.5. The molecular weight excluding hydrogens is 478 g/mol. The maximum absolute atomic E-state index is 11.6. The first-order chi connectivity index (χ1) is 17.8. The molecule has 7 atom stereocenters. The monoisotopic (exact) mass is 531 g/mol. The van der Waals surface area contributed by atoms with E-state index >= 15 is 0 Å². The van der Waals surface area contributed by atoms with Gasteiger partial charge in [0.1, 0.15) is 24.4 Å². The highest BCUT2D eigenvalue weighted by Crippen LogP contribution is 2.22. The van der Waals surface area contributed by atoms with Gasteiger partial charge in [-0.05, 0) is 12.8 Å². The lowest BCUT2D eigenvalue weighted by atomic mass is 9.99. The van der Waals surface area contributed by atoms with Crippen molar-refractivity contribution in [2.75, 3.05) is 13.2 Å². The Bertz CT molecular complexity index is 603. The van der Waals surface area contributed by atoms with Crippen LogP contribution in [0, 0.1) is 0 Å². The molecule has 1 rings (SSSR count). The van der Waals surface area contributed by atoms with Crippen LogP contribution in [0.4, 0.5) is 0 Å². The number of ether oxygens (including phenoxy) is 2. The molecule has 7 unspecified atom stereocenters. The van der Waals surface area contributed by atoms with Crippen LogP contribution in [0.25, 0.3) is 0 Å². The number of amides is 1. The Kier molecular flexibility index (Phi) is 19.1. The highest BCUT2D eigenvalue weighted by Gasteiger charge is 2.44. The molecule has 1 saturated heterocycles. The van der Waals surface area contributed by atoms with E-state index in [-0.39, 0.29) is 12.5 Å². The standard InChI is InChI=1S/C28H53NO8/c1-3-4-5-6-7-8-9-10-11-12-13-14-15-16-17-18-23(32)22(29-21(2)31)20-36-28-27(35)26(34)25(33)24(19-30)37-28/h17-18,22-28,30,32-35H,3-16,19-20H2,1-2H3,(H,29,31)/b18-17+. The Morgan fingerprint density at radius 1 is 0.892 bits per heavy atom. The number of carbonyl (C=O) groups is 1.